The Morgan fingerprint density at radius 1 is 1.30 bits per heavy atom. The van der Waals surface area contributed by atoms with E-state index in [0.717, 1.165) is 0 Å². The van der Waals surface area contributed by atoms with Gasteiger partial charge in [-0.15, -0.1) is 0 Å². The minimum absolute atomic E-state index is 0.872. The molecule has 0 aliphatic rings. The van der Waals surface area contributed by atoms with Crippen LogP contribution in [0.3, 0.4) is 0 Å². The first-order chi connectivity index (χ1) is 4.27. The predicted octanol–water partition coefficient (Wildman–Crippen LogP) is 1.21. The van der Waals surface area contributed by atoms with Crippen molar-refractivity contribution in [3.05, 3.63) is 0 Å². The molecule has 10 heavy (non-hydrogen) atoms. The maximum Gasteiger partial charge on any atom is 0.389 e. The first-order valence-electron chi connectivity index (χ1n) is 2.94. The molecule has 0 radical (unpaired) electrons. The summed E-state index contributed by atoms with van der Waals surface area (Å²) in [5.41, 5.74) is 0. The summed E-state index contributed by atoms with van der Waals surface area (Å²) in [6, 6.07) is 0. The van der Waals surface area contributed by atoms with Gasteiger partial charge in [-0.3, -0.25) is 0 Å². The summed E-state index contributed by atoms with van der Waals surface area (Å²) < 4.78 is 34.9. The van der Waals surface area contributed by atoms with Gasteiger partial charge in [-0.1, -0.05) is 13.8 Å². The molecule has 0 aliphatic heterocycles. The topological polar surface area (TPSA) is 20.2 Å². The highest BCUT2D eigenvalue weighted by Crippen LogP contribution is 2.36. The maximum atomic E-state index is 11.6. The van der Waals surface area contributed by atoms with Crippen LogP contribution in [-0.4, -0.2) is 20.7 Å². The third-order valence-electron chi connectivity index (χ3n) is 1.11. The van der Waals surface area contributed by atoms with Crippen molar-refractivity contribution in [3.63, 3.8) is 0 Å². The summed E-state index contributed by atoms with van der Waals surface area (Å²) in [6.45, 7) is 2.87. The average molecular weight is 172 g/mol. The van der Waals surface area contributed by atoms with Crippen LogP contribution in [0.2, 0.25) is 5.04 Å². The summed E-state index contributed by atoms with van der Waals surface area (Å²) >= 11 is 0. The van der Waals surface area contributed by atoms with Crippen LogP contribution in [0.4, 0.5) is 13.2 Å². The molecule has 0 aromatic rings. The molecule has 0 aromatic heterocycles. The van der Waals surface area contributed by atoms with Gasteiger partial charge >= 0.3 is 6.18 Å². The Morgan fingerprint density at radius 2 is 1.70 bits per heavy atom. The van der Waals surface area contributed by atoms with Crippen molar-refractivity contribution in [2.75, 3.05) is 0 Å². The molecule has 1 nitrogen and oxygen atoms in total. The number of halogens is 3. The quantitative estimate of drug-likeness (QED) is 0.621. The van der Waals surface area contributed by atoms with Gasteiger partial charge in [-0.25, -0.2) is 0 Å². The van der Waals surface area contributed by atoms with Gasteiger partial charge in [0.1, 0.15) is 0 Å². The molecule has 0 unspecified atom stereocenters. The normalized spacial score (nSPS) is 15.0. The van der Waals surface area contributed by atoms with Crippen LogP contribution in [-0.2, 0) is 0 Å². The molecule has 0 saturated heterocycles. The first kappa shape index (κ1) is 9.97. The van der Waals surface area contributed by atoms with E-state index < -0.39 is 27.4 Å². The highest BCUT2D eigenvalue weighted by Gasteiger charge is 2.36. The zero-order valence-corrected chi connectivity index (χ0v) is 7.41. The van der Waals surface area contributed by atoms with Crippen molar-refractivity contribution in [2.45, 2.75) is 31.5 Å². The third-order valence-corrected chi connectivity index (χ3v) is 2.21. The van der Waals surface area contributed by atoms with Crippen LogP contribution in [0.25, 0.3) is 0 Å². The molecular weight excluding hydrogens is 161 g/mol. The molecule has 0 amide bonds. The van der Waals surface area contributed by atoms with Gasteiger partial charge in [0.2, 0.25) is 0 Å². The van der Waals surface area contributed by atoms with Crippen LogP contribution in [0.1, 0.15) is 20.3 Å². The number of alkyl halides is 3. The van der Waals surface area contributed by atoms with Crippen molar-refractivity contribution in [1.29, 1.82) is 0 Å². The van der Waals surface area contributed by atoms with E-state index in [0.29, 0.717) is 0 Å². The number of hydrogen-bond acceptors (Lipinski definition) is 1. The molecule has 0 aromatic carbocycles. The van der Waals surface area contributed by atoms with Gasteiger partial charge in [0.05, 0.1) is 0 Å². The molecule has 5 heteroatoms. The molecule has 0 heterocycles. The lowest BCUT2D eigenvalue weighted by atomic mass is 10.1. The lowest BCUT2D eigenvalue weighted by Crippen LogP contribution is -2.21. The Kier molecular flexibility index (Phi) is 2.91. The second-order valence-corrected chi connectivity index (χ2v) is 5.34. The maximum absolute atomic E-state index is 11.6. The van der Waals surface area contributed by atoms with E-state index in [9.17, 15) is 13.2 Å². The lowest BCUT2D eigenvalue weighted by Gasteiger charge is -2.21. The highest BCUT2D eigenvalue weighted by molar-refractivity contribution is 6.30. The Hall–Kier alpha value is -0.0331. The zero-order valence-electron chi connectivity index (χ0n) is 6.00. The van der Waals surface area contributed by atoms with Crippen LogP contribution in [0.5, 0.6) is 0 Å². The second kappa shape index (κ2) is 2.92. The van der Waals surface area contributed by atoms with Crippen LogP contribution < -0.4 is 0 Å². The standard InChI is InChI=1S/C5H11F3OSi/c1-4(2,10-9)3-5(6,7)8/h9H,3,10H2,1-2H3. The van der Waals surface area contributed by atoms with Crippen LogP contribution >= 0.6 is 0 Å². The first-order valence-corrected chi connectivity index (χ1v) is 4.28. The van der Waals surface area contributed by atoms with Gasteiger partial charge < -0.3 is 4.80 Å². The van der Waals surface area contributed by atoms with Gasteiger partial charge in [0.25, 0.3) is 0 Å². The SMILES string of the molecule is CC(C)(CC(F)(F)F)[SiH2]O. The summed E-state index contributed by atoms with van der Waals surface area (Å²) in [7, 11) is -1.56. The predicted molar refractivity (Wildman–Crippen MR) is 35.5 cm³/mol. The molecule has 0 fully saturated rings. The molecule has 0 atom stereocenters. The molecule has 0 rings (SSSR count). The number of rotatable bonds is 2. The largest absolute Gasteiger partial charge is 0.438 e. The van der Waals surface area contributed by atoms with Crippen molar-refractivity contribution >= 4 is 9.76 Å². The van der Waals surface area contributed by atoms with Crippen LogP contribution in [0, 0.1) is 0 Å². The van der Waals surface area contributed by atoms with Gasteiger partial charge in [-0.05, 0) is 5.04 Å². The highest BCUT2D eigenvalue weighted by atomic mass is 28.2. The average Bonchev–Trinajstić information content (AvgIpc) is 1.60. The zero-order chi connectivity index (χ0) is 8.41. The van der Waals surface area contributed by atoms with Gasteiger partial charge in [-0.2, -0.15) is 13.2 Å². The van der Waals surface area contributed by atoms with Crippen LogP contribution in [0.15, 0.2) is 0 Å². The summed E-state index contributed by atoms with van der Waals surface area (Å²) in [5, 5.41) is -0.905. The molecule has 0 spiro atoms. The fraction of sp³-hybridized carbons (Fsp3) is 1.00. The second-order valence-electron chi connectivity index (χ2n) is 3.11. The van der Waals surface area contributed by atoms with E-state index in [1.807, 2.05) is 0 Å². The third kappa shape index (κ3) is 4.81. The summed E-state index contributed by atoms with van der Waals surface area (Å²) in [4.78, 5) is 8.60. The fourth-order valence-electron chi connectivity index (χ4n) is 0.599. The van der Waals surface area contributed by atoms with E-state index in [4.69, 9.17) is 4.80 Å². The fourth-order valence-corrected chi connectivity index (χ4v) is 0.994. The molecule has 1 N–H and O–H groups in total. The molecule has 0 aliphatic carbocycles. The summed E-state index contributed by atoms with van der Waals surface area (Å²) in [6.07, 6.45) is -5.01. The molecule has 0 bridgehead atoms. The molecule has 62 valence electrons. The van der Waals surface area contributed by atoms with E-state index in [-0.39, 0.29) is 0 Å². The van der Waals surface area contributed by atoms with E-state index in [1.54, 1.807) is 0 Å². The Labute approximate surface area is 60.2 Å². The smallest absolute Gasteiger partial charge is 0.389 e. The minimum atomic E-state index is -4.14. The Bertz CT molecular complexity index is 110. The number of hydrogen-bond donors (Lipinski definition) is 1. The lowest BCUT2D eigenvalue weighted by molar-refractivity contribution is -0.140. The van der Waals surface area contributed by atoms with Gasteiger partial charge in [0.15, 0.2) is 9.76 Å². The van der Waals surface area contributed by atoms with E-state index in [1.165, 1.54) is 13.8 Å². The monoisotopic (exact) mass is 172 g/mol. The minimum Gasteiger partial charge on any atom is -0.438 e. The Morgan fingerprint density at radius 3 is 1.80 bits per heavy atom. The van der Waals surface area contributed by atoms with Crippen molar-refractivity contribution < 1.29 is 18.0 Å². The molecule has 0 saturated carbocycles. The van der Waals surface area contributed by atoms with Crippen molar-refractivity contribution in [2.24, 2.45) is 0 Å². The van der Waals surface area contributed by atoms with Crippen molar-refractivity contribution in [1.82, 2.24) is 0 Å². The molecular formula is C5H11F3OSi. The van der Waals surface area contributed by atoms with E-state index >= 15 is 0 Å². The summed E-state index contributed by atoms with van der Waals surface area (Å²) in [5.74, 6) is 0. The van der Waals surface area contributed by atoms with Gasteiger partial charge in [0, 0.05) is 6.42 Å². The Balaban J connectivity index is 3.89. The van der Waals surface area contributed by atoms with E-state index in [2.05, 4.69) is 0 Å². The van der Waals surface area contributed by atoms with Crippen molar-refractivity contribution in [3.8, 4) is 0 Å².